The van der Waals surface area contributed by atoms with Crippen LogP contribution in [-0.2, 0) is 0 Å². The topological polar surface area (TPSA) is 98.6 Å². The molecule has 0 bridgehead atoms. The van der Waals surface area contributed by atoms with E-state index in [2.05, 4.69) is 15.2 Å². The molecule has 0 atom stereocenters. The molecule has 0 radical (unpaired) electrons. The third-order valence-electron chi connectivity index (χ3n) is 5.10. The number of phenolic OH excluding ortho intramolecular Hbond substituents is 1. The van der Waals surface area contributed by atoms with Gasteiger partial charge in [-0.15, -0.1) is 0 Å². The Labute approximate surface area is 162 Å². The maximum Gasteiger partial charge on any atom is 0.404 e. The van der Waals surface area contributed by atoms with E-state index in [-0.39, 0.29) is 11.8 Å². The number of carboxylic acid groups (broad SMARTS) is 1. The van der Waals surface area contributed by atoms with Crippen molar-refractivity contribution in [2.75, 3.05) is 18.0 Å². The largest absolute Gasteiger partial charge is 0.507 e. The number of nitrogens with one attached hydrogen (secondary N) is 1. The molecule has 28 heavy (non-hydrogen) atoms. The molecular weight excluding hydrogens is 356 g/mol. The average Bonchev–Trinajstić information content (AvgIpc) is 2.67. The number of hydrogen-bond donors (Lipinski definition) is 3. The Hall–Kier alpha value is -3.35. The Morgan fingerprint density at radius 3 is 2.61 bits per heavy atom. The number of anilines is 1. The van der Waals surface area contributed by atoms with Crippen molar-refractivity contribution in [3.8, 4) is 17.1 Å². The van der Waals surface area contributed by atoms with Gasteiger partial charge in [0.1, 0.15) is 11.6 Å². The fraction of sp³-hybridized carbons (Fsp3) is 0.286. The normalized spacial score (nSPS) is 15.0. The summed E-state index contributed by atoms with van der Waals surface area (Å²) in [6.07, 6.45) is 0.453. The van der Waals surface area contributed by atoms with E-state index in [0.29, 0.717) is 24.5 Å². The number of aryl methyl sites for hydroxylation is 1. The van der Waals surface area contributed by atoms with Gasteiger partial charge in [-0.1, -0.05) is 18.2 Å². The molecule has 1 saturated heterocycles. The maximum atomic E-state index is 10.9. The number of carbonyl (C=O) groups is 1. The second kappa shape index (κ2) is 7.34. The lowest BCUT2D eigenvalue weighted by atomic mass is 10.0. The van der Waals surface area contributed by atoms with Crippen LogP contribution in [-0.4, -0.2) is 45.4 Å². The molecule has 7 nitrogen and oxygen atoms in total. The van der Waals surface area contributed by atoms with Crippen LogP contribution in [0.15, 0.2) is 42.5 Å². The number of aromatic nitrogens is 2. The first-order chi connectivity index (χ1) is 13.5. The van der Waals surface area contributed by atoms with E-state index in [0.717, 1.165) is 35.1 Å². The number of rotatable bonds is 3. The quantitative estimate of drug-likeness (QED) is 0.645. The first-order valence-corrected chi connectivity index (χ1v) is 9.32. The Kier molecular flexibility index (Phi) is 4.73. The molecule has 2 aromatic carbocycles. The minimum absolute atomic E-state index is 0.0401. The van der Waals surface area contributed by atoms with Crippen molar-refractivity contribution in [1.29, 1.82) is 0 Å². The van der Waals surface area contributed by atoms with Gasteiger partial charge in [-0.3, -0.25) is 0 Å². The maximum absolute atomic E-state index is 10.9. The van der Waals surface area contributed by atoms with Crippen molar-refractivity contribution in [2.45, 2.75) is 25.8 Å². The van der Waals surface area contributed by atoms with Gasteiger partial charge in [0, 0.05) is 24.5 Å². The summed E-state index contributed by atoms with van der Waals surface area (Å²) in [6.45, 7) is 3.42. The van der Waals surface area contributed by atoms with Gasteiger partial charge in [-0.25, -0.2) is 14.8 Å². The van der Waals surface area contributed by atoms with Crippen molar-refractivity contribution in [1.82, 2.24) is 15.3 Å². The van der Waals surface area contributed by atoms with E-state index in [9.17, 15) is 9.90 Å². The van der Waals surface area contributed by atoms with Crippen molar-refractivity contribution < 1.29 is 15.0 Å². The van der Waals surface area contributed by atoms with Crippen molar-refractivity contribution in [3.05, 3.63) is 48.0 Å². The summed E-state index contributed by atoms with van der Waals surface area (Å²) >= 11 is 0. The van der Waals surface area contributed by atoms with Gasteiger partial charge in [0.05, 0.1) is 11.1 Å². The fourth-order valence-electron chi connectivity index (χ4n) is 3.66. The van der Waals surface area contributed by atoms with E-state index in [4.69, 9.17) is 10.1 Å². The number of para-hydroxylation sites is 1. The zero-order chi connectivity index (χ0) is 19.7. The summed E-state index contributed by atoms with van der Waals surface area (Å²) < 4.78 is 0. The minimum Gasteiger partial charge on any atom is -0.507 e. The molecule has 1 aromatic heterocycles. The third-order valence-corrected chi connectivity index (χ3v) is 5.10. The predicted molar refractivity (Wildman–Crippen MR) is 108 cm³/mol. The van der Waals surface area contributed by atoms with Crippen LogP contribution >= 0.6 is 0 Å². The monoisotopic (exact) mass is 378 g/mol. The molecule has 0 unspecified atom stereocenters. The van der Waals surface area contributed by atoms with Gasteiger partial charge >= 0.3 is 6.09 Å². The van der Waals surface area contributed by atoms with Gasteiger partial charge in [0.2, 0.25) is 0 Å². The van der Waals surface area contributed by atoms with Crippen molar-refractivity contribution >= 4 is 22.8 Å². The highest BCUT2D eigenvalue weighted by Gasteiger charge is 2.24. The zero-order valence-corrected chi connectivity index (χ0v) is 15.6. The molecule has 7 heteroatoms. The lowest BCUT2D eigenvalue weighted by molar-refractivity contribution is 0.187. The molecule has 0 saturated carbocycles. The van der Waals surface area contributed by atoms with Gasteiger partial charge in [-0.2, -0.15) is 0 Å². The minimum atomic E-state index is -0.983. The standard InChI is InChI=1S/C21H22N4O3/c1-13-6-7-15-17(12-13)23-19(16-4-2-3-5-18(16)26)24-20(15)25-10-8-14(9-11-25)22-21(27)28/h2-7,12,14,22,26H,8-11H2,1H3,(H,27,28). The van der Waals surface area contributed by atoms with Crippen LogP contribution in [0, 0.1) is 6.92 Å². The number of phenols is 1. The molecule has 3 N–H and O–H groups in total. The van der Waals surface area contributed by atoms with Crippen molar-refractivity contribution in [3.63, 3.8) is 0 Å². The smallest absolute Gasteiger partial charge is 0.404 e. The number of fused-ring (bicyclic) bond motifs is 1. The van der Waals surface area contributed by atoms with E-state index < -0.39 is 6.09 Å². The summed E-state index contributed by atoms with van der Waals surface area (Å²) in [5.74, 6) is 1.44. The van der Waals surface area contributed by atoms with Crippen LogP contribution in [0.2, 0.25) is 0 Å². The molecule has 0 spiro atoms. The Balaban J connectivity index is 1.75. The number of benzene rings is 2. The molecule has 0 aliphatic carbocycles. The first-order valence-electron chi connectivity index (χ1n) is 9.32. The molecule has 1 amide bonds. The molecular formula is C21H22N4O3. The Bertz CT molecular complexity index is 1030. The lowest BCUT2D eigenvalue weighted by Gasteiger charge is -2.33. The summed E-state index contributed by atoms with van der Waals surface area (Å²) in [4.78, 5) is 22.5. The van der Waals surface area contributed by atoms with Gasteiger partial charge < -0.3 is 20.4 Å². The second-order valence-corrected chi connectivity index (χ2v) is 7.12. The third kappa shape index (κ3) is 3.55. The summed E-state index contributed by atoms with van der Waals surface area (Å²) in [7, 11) is 0. The van der Waals surface area contributed by atoms with Crippen LogP contribution in [0.3, 0.4) is 0 Å². The zero-order valence-electron chi connectivity index (χ0n) is 15.6. The Morgan fingerprint density at radius 2 is 1.89 bits per heavy atom. The van der Waals surface area contributed by atoms with E-state index in [1.54, 1.807) is 18.2 Å². The molecule has 3 aromatic rings. The SMILES string of the molecule is Cc1ccc2c(N3CCC(NC(=O)O)CC3)nc(-c3ccccc3O)nc2c1. The fourth-order valence-corrected chi connectivity index (χ4v) is 3.66. The van der Waals surface area contributed by atoms with E-state index in [1.165, 1.54) is 0 Å². The van der Waals surface area contributed by atoms with Crippen LogP contribution in [0.5, 0.6) is 5.75 Å². The van der Waals surface area contributed by atoms with Gasteiger partial charge in [0.25, 0.3) is 0 Å². The summed E-state index contributed by atoms with van der Waals surface area (Å²) in [5, 5.41) is 22.7. The number of hydrogen-bond acceptors (Lipinski definition) is 5. The van der Waals surface area contributed by atoms with Crippen LogP contribution < -0.4 is 10.2 Å². The number of amides is 1. The molecule has 2 heterocycles. The molecule has 1 fully saturated rings. The number of aromatic hydroxyl groups is 1. The van der Waals surface area contributed by atoms with Crippen LogP contribution in [0.4, 0.5) is 10.6 Å². The Morgan fingerprint density at radius 1 is 1.14 bits per heavy atom. The molecule has 4 rings (SSSR count). The van der Waals surface area contributed by atoms with Gasteiger partial charge in [0.15, 0.2) is 5.82 Å². The summed E-state index contributed by atoms with van der Waals surface area (Å²) in [6, 6.07) is 13.1. The van der Waals surface area contributed by atoms with Crippen molar-refractivity contribution in [2.24, 2.45) is 0 Å². The predicted octanol–water partition coefficient (Wildman–Crippen LogP) is 3.55. The molecule has 1 aliphatic heterocycles. The highest BCUT2D eigenvalue weighted by Crippen LogP contribution is 2.32. The number of piperidine rings is 1. The molecule has 144 valence electrons. The van der Waals surface area contributed by atoms with E-state index in [1.807, 2.05) is 31.2 Å². The lowest BCUT2D eigenvalue weighted by Crippen LogP contribution is -2.44. The van der Waals surface area contributed by atoms with Gasteiger partial charge in [-0.05, 0) is 49.6 Å². The average molecular weight is 378 g/mol. The summed E-state index contributed by atoms with van der Waals surface area (Å²) in [5.41, 5.74) is 2.52. The van der Waals surface area contributed by atoms with E-state index >= 15 is 0 Å². The second-order valence-electron chi connectivity index (χ2n) is 7.12. The van der Waals surface area contributed by atoms with Crippen LogP contribution in [0.1, 0.15) is 18.4 Å². The highest BCUT2D eigenvalue weighted by molar-refractivity contribution is 5.92. The first kappa shape index (κ1) is 18.0. The highest BCUT2D eigenvalue weighted by atomic mass is 16.4. The molecule has 1 aliphatic rings. The van der Waals surface area contributed by atoms with Crippen LogP contribution in [0.25, 0.3) is 22.3 Å². The number of nitrogens with zero attached hydrogens (tertiary/aromatic N) is 3.